The summed E-state index contributed by atoms with van der Waals surface area (Å²) >= 11 is 0. The van der Waals surface area contributed by atoms with E-state index in [2.05, 4.69) is 18.6 Å². The highest BCUT2D eigenvalue weighted by Crippen LogP contribution is 2.13. The number of hydrogen-bond acceptors (Lipinski definition) is 3. The summed E-state index contributed by atoms with van der Waals surface area (Å²) in [7, 11) is -3.22. The highest BCUT2D eigenvalue weighted by Gasteiger charge is 2.19. The van der Waals surface area contributed by atoms with Gasteiger partial charge in [0.1, 0.15) is 0 Å². The van der Waals surface area contributed by atoms with Crippen LogP contribution in [0.2, 0.25) is 0 Å². The molecule has 92 valence electrons. The van der Waals surface area contributed by atoms with E-state index in [-0.39, 0.29) is 18.4 Å². The summed E-state index contributed by atoms with van der Waals surface area (Å²) in [5.74, 6) is 0.391. The third-order valence-corrected chi connectivity index (χ3v) is 4.25. The predicted octanol–water partition coefficient (Wildman–Crippen LogP) is 1.11. The van der Waals surface area contributed by atoms with Gasteiger partial charge in [0.15, 0.2) is 0 Å². The van der Waals surface area contributed by atoms with E-state index in [9.17, 15) is 8.42 Å². The first kappa shape index (κ1) is 14.9. The van der Waals surface area contributed by atoms with Crippen molar-refractivity contribution < 1.29 is 13.5 Å². The van der Waals surface area contributed by atoms with Crippen molar-refractivity contribution in [1.82, 2.24) is 4.72 Å². The molecule has 4 nitrogen and oxygen atoms in total. The average Bonchev–Trinajstić information content (AvgIpc) is 2.16. The quantitative estimate of drug-likeness (QED) is 0.664. The SMILES string of the molecule is CCC(CC)C(C)NS(=O)(=O)CCCO. The van der Waals surface area contributed by atoms with Crippen LogP contribution in [0.15, 0.2) is 0 Å². The van der Waals surface area contributed by atoms with Crippen LogP contribution in [0, 0.1) is 5.92 Å². The lowest BCUT2D eigenvalue weighted by Gasteiger charge is -2.22. The van der Waals surface area contributed by atoms with Crippen molar-refractivity contribution in [2.24, 2.45) is 5.92 Å². The smallest absolute Gasteiger partial charge is 0.211 e. The topological polar surface area (TPSA) is 66.4 Å². The van der Waals surface area contributed by atoms with Crippen molar-refractivity contribution in [3.8, 4) is 0 Å². The maximum atomic E-state index is 11.5. The van der Waals surface area contributed by atoms with Crippen LogP contribution in [-0.4, -0.2) is 31.9 Å². The lowest BCUT2D eigenvalue weighted by Crippen LogP contribution is -2.39. The van der Waals surface area contributed by atoms with Gasteiger partial charge in [0.2, 0.25) is 10.0 Å². The van der Waals surface area contributed by atoms with Crippen LogP contribution in [0.3, 0.4) is 0 Å². The second-order valence-corrected chi connectivity index (χ2v) is 5.75. The van der Waals surface area contributed by atoms with Gasteiger partial charge in [0, 0.05) is 12.6 Å². The van der Waals surface area contributed by atoms with Crippen molar-refractivity contribution >= 4 is 10.0 Å². The molecule has 15 heavy (non-hydrogen) atoms. The zero-order valence-corrected chi connectivity index (χ0v) is 10.7. The van der Waals surface area contributed by atoms with Crippen molar-refractivity contribution in [3.63, 3.8) is 0 Å². The molecule has 1 unspecified atom stereocenters. The Labute approximate surface area is 93.1 Å². The maximum absolute atomic E-state index is 11.5. The van der Waals surface area contributed by atoms with Gasteiger partial charge in [-0.15, -0.1) is 0 Å². The van der Waals surface area contributed by atoms with Gasteiger partial charge in [-0.1, -0.05) is 26.7 Å². The normalized spacial score (nSPS) is 14.5. The molecule has 5 heteroatoms. The zero-order chi connectivity index (χ0) is 11.9. The molecule has 0 spiro atoms. The Morgan fingerprint density at radius 1 is 1.27 bits per heavy atom. The van der Waals surface area contributed by atoms with Gasteiger partial charge in [-0.2, -0.15) is 0 Å². The standard InChI is InChI=1S/C10H23NO3S/c1-4-10(5-2)9(3)11-15(13,14)8-6-7-12/h9-12H,4-8H2,1-3H3. The van der Waals surface area contributed by atoms with Crippen LogP contribution in [0.25, 0.3) is 0 Å². The molecular formula is C10H23NO3S. The van der Waals surface area contributed by atoms with Crippen LogP contribution >= 0.6 is 0 Å². The summed E-state index contributed by atoms with van der Waals surface area (Å²) < 4.78 is 25.7. The lowest BCUT2D eigenvalue weighted by atomic mass is 9.96. The molecule has 0 rings (SSSR count). The molecule has 0 aliphatic heterocycles. The number of aliphatic hydroxyl groups is 1. The molecule has 2 N–H and O–H groups in total. The largest absolute Gasteiger partial charge is 0.396 e. The minimum Gasteiger partial charge on any atom is -0.396 e. The first-order valence-electron chi connectivity index (χ1n) is 5.57. The summed E-state index contributed by atoms with van der Waals surface area (Å²) in [6.45, 7) is 5.94. The fourth-order valence-corrected chi connectivity index (χ4v) is 3.07. The Kier molecular flexibility index (Phi) is 7.13. The van der Waals surface area contributed by atoms with E-state index in [1.807, 2.05) is 6.92 Å². The molecule has 0 fully saturated rings. The highest BCUT2D eigenvalue weighted by atomic mass is 32.2. The van der Waals surface area contributed by atoms with Gasteiger partial charge >= 0.3 is 0 Å². The molecule has 0 aromatic carbocycles. The average molecular weight is 237 g/mol. The van der Waals surface area contributed by atoms with Gasteiger partial charge in [-0.25, -0.2) is 13.1 Å². The van der Waals surface area contributed by atoms with Gasteiger partial charge in [0.05, 0.1) is 5.75 Å². The Balaban J connectivity index is 4.19. The number of aliphatic hydroxyl groups excluding tert-OH is 1. The van der Waals surface area contributed by atoms with Crippen molar-refractivity contribution in [1.29, 1.82) is 0 Å². The number of sulfonamides is 1. The van der Waals surface area contributed by atoms with Crippen LogP contribution in [0.1, 0.15) is 40.0 Å². The zero-order valence-electron chi connectivity index (χ0n) is 9.86. The minimum atomic E-state index is -3.22. The molecular weight excluding hydrogens is 214 g/mol. The second kappa shape index (κ2) is 7.19. The molecule has 0 heterocycles. The summed E-state index contributed by atoms with van der Waals surface area (Å²) in [5.41, 5.74) is 0. The predicted molar refractivity (Wildman–Crippen MR) is 62.2 cm³/mol. The first-order chi connectivity index (χ1) is 6.96. The Bertz CT molecular complexity index is 247. The van der Waals surface area contributed by atoms with E-state index < -0.39 is 10.0 Å². The minimum absolute atomic E-state index is 0.00793. The Morgan fingerprint density at radius 2 is 1.80 bits per heavy atom. The third kappa shape index (κ3) is 6.12. The van der Waals surface area contributed by atoms with Crippen molar-refractivity contribution in [3.05, 3.63) is 0 Å². The molecule has 0 aliphatic rings. The molecule has 0 saturated carbocycles. The monoisotopic (exact) mass is 237 g/mol. The van der Waals surface area contributed by atoms with E-state index in [0.29, 0.717) is 12.3 Å². The molecule has 0 aliphatic carbocycles. The second-order valence-electron chi connectivity index (χ2n) is 3.88. The van der Waals surface area contributed by atoms with E-state index >= 15 is 0 Å². The summed E-state index contributed by atoms with van der Waals surface area (Å²) in [6.07, 6.45) is 2.24. The van der Waals surface area contributed by atoms with Crippen LogP contribution < -0.4 is 4.72 Å². The number of rotatable bonds is 8. The summed E-state index contributed by atoms with van der Waals surface area (Å²) in [4.78, 5) is 0. The van der Waals surface area contributed by atoms with Gasteiger partial charge in [0.25, 0.3) is 0 Å². The molecule has 0 bridgehead atoms. The fraction of sp³-hybridized carbons (Fsp3) is 1.00. The molecule has 1 atom stereocenters. The van der Waals surface area contributed by atoms with E-state index in [4.69, 9.17) is 5.11 Å². The maximum Gasteiger partial charge on any atom is 0.211 e. The van der Waals surface area contributed by atoms with Crippen LogP contribution in [0.5, 0.6) is 0 Å². The molecule has 0 saturated heterocycles. The van der Waals surface area contributed by atoms with E-state index in [1.54, 1.807) is 0 Å². The first-order valence-corrected chi connectivity index (χ1v) is 7.22. The fourth-order valence-electron chi connectivity index (χ4n) is 1.69. The van der Waals surface area contributed by atoms with Gasteiger partial charge < -0.3 is 5.11 Å². The van der Waals surface area contributed by atoms with Gasteiger partial charge in [-0.3, -0.25) is 0 Å². The van der Waals surface area contributed by atoms with E-state index in [1.165, 1.54) is 0 Å². The van der Waals surface area contributed by atoms with Gasteiger partial charge in [-0.05, 0) is 19.3 Å². The van der Waals surface area contributed by atoms with Crippen molar-refractivity contribution in [2.45, 2.75) is 46.1 Å². The van der Waals surface area contributed by atoms with Crippen LogP contribution in [0.4, 0.5) is 0 Å². The third-order valence-electron chi connectivity index (χ3n) is 2.69. The Hall–Kier alpha value is -0.130. The Morgan fingerprint density at radius 3 is 2.20 bits per heavy atom. The van der Waals surface area contributed by atoms with E-state index in [0.717, 1.165) is 12.8 Å². The number of hydrogen-bond donors (Lipinski definition) is 2. The summed E-state index contributed by atoms with van der Waals surface area (Å²) in [5, 5.41) is 8.57. The number of nitrogens with one attached hydrogen (secondary N) is 1. The summed E-state index contributed by atoms with van der Waals surface area (Å²) in [6, 6.07) is -0.0244. The lowest BCUT2D eigenvalue weighted by molar-refractivity contribution is 0.295. The molecule has 0 aromatic rings. The van der Waals surface area contributed by atoms with Crippen LogP contribution in [-0.2, 0) is 10.0 Å². The highest BCUT2D eigenvalue weighted by molar-refractivity contribution is 7.89. The molecule has 0 aromatic heterocycles. The molecule has 0 radical (unpaired) electrons. The van der Waals surface area contributed by atoms with Crippen molar-refractivity contribution in [2.75, 3.05) is 12.4 Å². The molecule has 0 amide bonds.